The highest BCUT2D eigenvalue weighted by Crippen LogP contribution is 2.31. The van der Waals surface area contributed by atoms with Crippen LogP contribution in [0, 0.1) is 20.8 Å². The predicted octanol–water partition coefficient (Wildman–Crippen LogP) is 3.59. The first-order valence-corrected chi connectivity index (χ1v) is 8.91. The Morgan fingerprint density at radius 1 is 1.19 bits per heavy atom. The van der Waals surface area contributed by atoms with Gasteiger partial charge >= 0.3 is 0 Å². The molecule has 0 aliphatic heterocycles. The fraction of sp³-hybridized carbons (Fsp3) is 0.350. The standard InChI is InChI=1S/C20H22N4O2/c1-12-7-13(2)9-15(8-12)24-19-6-4-5-17(16(19)11-21-24)22-20(25)18-10-14(3)26-23-18/h7-11,17H,4-6H2,1-3H3,(H,22,25)/t17-/m0/s1. The molecule has 1 aromatic carbocycles. The van der Waals surface area contributed by atoms with Crippen molar-refractivity contribution in [3.63, 3.8) is 0 Å². The molecule has 2 aromatic heterocycles. The zero-order chi connectivity index (χ0) is 18.3. The molecule has 4 rings (SSSR count). The number of benzene rings is 1. The second-order valence-electron chi connectivity index (χ2n) is 7.05. The molecule has 0 unspecified atom stereocenters. The number of hydrogen-bond acceptors (Lipinski definition) is 4. The third-order valence-corrected chi connectivity index (χ3v) is 4.80. The molecule has 0 saturated carbocycles. The molecule has 0 bridgehead atoms. The van der Waals surface area contributed by atoms with E-state index < -0.39 is 0 Å². The van der Waals surface area contributed by atoms with E-state index in [9.17, 15) is 4.79 Å². The number of carbonyl (C=O) groups is 1. The number of nitrogens with one attached hydrogen (secondary N) is 1. The van der Waals surface area contributed by atoms with Crippen molar-refractivity contribution in [2.45, 2.75) is 46.1 Å². The van der Waals surface area contributed by atoms with Gasteiger partial charge in [0.05, 0.1) is 17.9 Å². The van der Waals surface area contributed by atoms with Gasteiger partial charge in [0.2, 0.25) is 0 Å². The summed E-state index contributed by atoms with van der Waals surface area (Å²) in [7, 11) is 0. The van der Waals surface area contributed by atoms with Crippen molar-refractivity contribution in [1.29, 1.82) is 0 Å². The summed E-state index contributed by atoms with van der Waals surface area (Å²) in [4.78, 5) is 12.4. The van der Waals surface area contributed by atoms with E-state index in [2.05, 4.69) is 47.6 Å². The van der Waals surface area contributed by atoms with Crippen LogP contribution < -0.4 is 5.32 Å². The minimum Gasteiger partial charge on any atom is -0.361 e. The van der Waals surface area contributed by atoms with E-state index in [1.807, 2.05) is 10.9 Å². The fourth-order valence-electron chi connectivity index (χ4n) is 3.71. The highest BCUT2D eigenvalue weighted by atomic mass is 16.5. The van der Waals surface area contributed by atoms with Crippen LogP contribution in [-0.4, -0.2) is 20.8 Å². The minimum atomic E-state index is -0.209. The van der Waals surface area contributed by atoms with Crippen molar-refractivity contribution in [3.05, 3.63) is 64.3 Å². The van der Waals surface area contributed by atoms with Crippen LogP contribution in [0.25, 0.3) is 5.69 Å². The third-order valence-electron chi connectivity index (χ3n) is 4.80. The third kappa shape index (κ3) is 3.03. The van der Waals surface area contributed by atoms with Gasteiger partial charge < -0.3 is 9.84 Å². The van der Waals surface area contributed by atoms with Gasteiger partial charge in [0, 0.05) is 17.3 Å². The predicted molar refractivity (Wildman–Crippen MR) is 97.4 cm³/mol. The summed E-state index contributed by atoms with van der Waals surface area (Å²) in [6.45, 7) is 5.96. The zero-order valence-electron chi connectivity index (χ0n) is 15.2. The molecule has 0 radical (unpaired) electrons. The van der Waals surface area contributed by atoms with Gasteiger partial charge in [-0.3, -0.25) is 4.79 Å². The number of amides is 1. The number of aryl methyl sites for hydroxylation is 3. The Morgan fingerprint density at radius 2 is 1.96 bits per heavy atom. The summed E-state index contributed by atoms with van der Waals surface area (Å²) in [5, 5.41) is 11.5. The second kappa shape index (κ2) is 6.44. The van der Waals surface area contributed by atoms with Crippen LogP contribution in [0.2, 0.25) is 0 Å². The maximum atomic E-state index is 12.4. The Balaban J connectivity index is 1.63. The SMILES string of the molecule is Cc1cc(C)cc(-n2ncc3c2CCC[C@@H]3NC(=O)c2cc(C)on2)c1. The van der Waals surface area contributed by atoms with Crippen LogP contribution in [0.4, 0.5) is 0 Å². The quantitative estimate of drug-likeness (QED) is 0.783. The molecule has 1 N–H and O–H groups in total. The molecule has 0 saturated heterocycles. The number of fused-ring (bicyclic) bond motifs is 1. The van der Waals surface area contributed by atoms with Gasteiger partial charge in [-0.05, 0) is 63.3 Å². The van der Waals surface area contributed by atoms with Crippen LogP contribution >= 0.6 is 0 Å². The van der Waals surface area contributed by atoms with E-state index in [1.165, 1.54) is 16.8 Å². The first-order chi connectivity index (χ1) is 12.5. The molecule has 26 heavy (non-hydrogen) atoms. The van der Waals surface area contributed by atoms with E-state index in [0.717, 1.165) is 30.5 Å². The summed E-state index contributed by atoms with van der Waals surface area (Å²) < 4.78 is 7.01. The summed E-state index contributed by atoms with van der Waals surface area (Å²) >= 11 is 0. The van der Waals surface area contributed by atoms with Crippen LogP contribution in [0.3, 0.4) is 0 Å². The molecule has 6 heteroatoms. The molecule has 0 spiro atoms. The lowest BCUT2D eigenvalue weighted by molar-refractivity contribution is 0.0923. The molecular formula is C20H22N4O2. The smallest absolute Gasteiger partial charge is 0.273 e. The average molecular weight is 350 g/mol. The largest absolute Gasteiger partial charge is 0.361 e. The van der Waals surface area contributed by atoms with Gasteiger partial charge in [-0.2, -0.15) is 5.10 Å². The van der Waals surface area contributed by atoms with Crippen LogP contribution in [-0.2, 0) is 6.42 Å². The average Bonchev–Trinajstić information content (AvgIpc) is 3.21. The van der Waals surface area contributed by atoms with Gasteiger partial charge in [-0.25, -0.2) is 4.68 Å². The Bertz CT molecular complexity index is 950. The number of rotatable bonds is 3. The number of hydrogen-bond donors (Lipinski definition) is 1. The normalized spacial score (nSPS) is 16.3. The lowest BCUT2D eigenvalue weighted by atomic mass is 9.92. The summed E-state index contributed by atoms with van der Waals surface area (Å²) in [5.41, 5.74) is 6.07. The van der Waals surface area contributed by atoms with Crippen molar-refractivity contribution < 1.29 is 9.32 Å². The van der Waals surface area contributed by atoms with Crippen LogP contribution in [0.5, 0.6) is 0 Å². The molecule has 1 aliphatic rings. The van der Waals surface area contributed by atoms with E-state index >= 15 is 0 Å². The van der Waals surface area contributed by atoms with Crippen molar-refractivity contribution in [2.24, 2.45) is 0 Å². The van der Waals surface area contributed by atoms with E-state index in [4.69, 9.17) is 4.52 Å². The topological polar surface area (TPSA) is 73.0 Å². The number of carbonyl (C=O) groups excluding carboxylic acids is 1. The van der Waals surface area contributed by atoms with Crippen molar-refractivity contribution in [3.8, 4) is 5.69 Å². The Labute approximate surface area is 152 Å². The Morgan fingerprint density at radius 3 is 2.65 bits per heavy atom. The number of aromatic nitrogens is 3. The Hall–Kier alpha value is -2.89. The van der Waals surface area contributed by atoms with Crippen molar-refractivity contribution in [1.82, 2.24) is 20.3 Å². The van der Waals surface area contributed by atoms with Gasteiger partial charge in [0.25, 0.3) is 5.91 Å². The maximum Gasteiger partial charge on any atom is 0.273 e. The highest BCUT2D eigenvalue weighted by molar-refractivity contribution is 5.92. The highest BCUT2D eigenvalue weighted by Gasteiger charge is 2.27. The molecule has 0 fully saturated rings. The molecular weight excluding hydrogens is 328 g/mol. The molecule has 2 heterocycles. The minimum absolute atomic E-state index is 0.0529. The molecule has 1 atom stereocenters. The maximum absolute atomic E-state index is 12.4. The molecule has 3 aromatic rings. The van der Waals surface area contributed by atoms with Crippen LogP contribution in [0.1, 0.15) is 57.5 Å². The lowest BCUT2D eigenvalue weighted by Gasteiger charge is -2.24. The first kappa shape index (κ1) is 16.6. The lowest BCUT2D eigenvalue weighted by Crippen LogP contribution is -2.31. The monoisotopic (exact) mass is 350 g/mol. The Kier molecular flexibility index (Phi) is 4.11. The van der Waals surface area contributed by atoms with Gasteiger partial charge in [-0.1, -0.05) is 11.2 Å². The van der Waals surface area contributed by atoms with E-state index in [1.54, 1.807) is 13.0 Å². The fourth-order valence-corrected chi connectivity index (χ4v) is 3.71. The van der Waals surface area contributed by atoms with Gasteiger partial charge in [0.15, 0.2) is 5.69 Å². The summed E-state index contributed by atoms with van der Waals surface area (Å²) in [5.74, 6) is 0.418. The van der Waals surface area contributed by atoms with E-state index in [-0.39, 0.29) is 11.9 Å². The van der Waals surface area contributed by atoms with Crippen LogP contribution in [0.15, 0.2) is 35.0 Å². The zero-order valence-corrected chi connectivity index (χ0v) is 15.2. The first-order valence-electron chi connectivity index (χ1n) is 8.91. The molecule has 6 nitrogen and oxygen atoms in total. The van der Waals surface area contributed by atoms with Gasteiger partial charge in [0.1, 0.15) is 5.76 Å². The molecule has 1 amide bonds. The summed E-state index contributed by atoms with van der Waals surface area (Å²) in [6.07, 6.45) is 4.74. The second-order valence-corrected chi connectivity index (χ2v) is 7.05. The van der Waals surface area contributed by atoms with E-state index in [0.29, 0.717) is 11.5 Å². The van der Waals surface area contributed by atoms with Crippen molar-refractivity contribution in [2.75, 3.05) is 0 Å². The van der Waals surface area contributed by atoms with Crippen molar-refractivity contribution >= 4 is 5.91 Å². The van der Waals surface area contributed by atoms with Gasteiger partial charge in [-0.15, -0.1) is 0 Å². The number of nitrogens with zero attached hydrogens (tertiary/aromatic N) is 3. The summed E-state index contributed by atoms with van der Waals surface area (Å²) in [6, 6.07) is 8.03. The molecule has 134 valence electrons. The molecule has 1 aliphatic carbocycles.